The Balaban J connectivity index is 1.54. The molecule has 39 heavy (non-hydrogen) atoms. The lowest BCUT2D eigenvalue weighted by molar-refractivity contribution is -0.0452. The number of ether oxygens (including phenoxy) is 1. The van der Waals surface area contributed by atoms with Gasteiger partial charge in [-0.05, 0) is 6.42 Å². The van der Waals surface area contributed by atoms with Crippen LogP contribution in [0.1, 0.15) is 122 Å². The van der Waals surface area contributed by atoms with Gasteiger partial charge in [0.1, 0.15) is 12.3 Å². The van der Waals surface area contributed by atoms with Crippen molar-refractivity contribution in [1.82, 2.24) is 9.55 Å². The molecular formula is C27H49FN3O7P. The number of aliphatic hydroxyl groups excluding tert-OH is 1. The molecule has 0 aliphatic carbocycles. The van der Waals surface area contributed by atoms with Crippen molar-refractivity contribution >= 4 is 13.6 Å². The van der Waals surface area contributed by atoms with Crippen molar-refractivity contribution in [3.05, 3.63) is 22.5 Å². The predicted octanol–water partition coefficient (Wildman–Crippen LogP) is 5.81. The number of aromatic nitrogens is 2. The van der Waals surface area contributed by atoms with Crippen LogP contribution in [-0.2, 0) is 13.8 Å². The number of hydrogen-bond acceptors (Lipinski definition) is 7. The van der Waals surface area contributed by atoms with Crippen molar-refractivity contribution < 1.29 is 33.1 Å². The van der Waals surface area contributed by atoms with E-state index in [4.69, 9.17) is 14.5 Å². The standard InChI is InChI=1S/C27H49FN3O7P/c1-2-3-4-5-6-7-8-9-10-11-12-13-14-15-16-17-18-29-26-22(28)20-31(27(33)30-26)25-19-23(32)24(38-25)21-37-39(34,35)36/h20,23-25,32H,2-19,21H2,1H3,(H,29,30,33)(H2,34,35,36). The molecule has 0 bridgehead atoms. The van der Waals surface area contributed by atoms with Gasteiger partial charge in [0.2, 0.25) is 0 Å². The van der Waals surface area contributed by atoms with Gasteiger partial charge in [0.15, 0.2) is 11.6 Å². The van der Waals surface area contributed by atoms with Gasteiger partial charge in [-0.25, -0.2) is 13.8 Å². The maximum Gasteiger partial charge on any atom is 0.469 e. The van der Waals surface area contributed by atoms with Crippen LogP contribution in [-0.4, -0.2) is 49.8 Å². The van der Waals surface area contributed by atoms with Crippen molar-refractivity contribution in [2.75, 3.05) is 18.5 Å². The summed E-state index contributed by atoms with van der Waals surface area (Å²) in [5, 5.41) is 12.9. The number of aliphatic hydroxyl groups is 1. The average molecular weight is 578 g/mol. The first-order valence-corrected chi connectivity index (χ1v) is 16.3. The summed E-state index contributed by atoms with van der Waals surface area (Å²) in [5.74, 6) is -0.851. The quantitative estimate of drug-likeness (QED) is 0.0991. The fraction of sp³-hybridized carbons (Fsp3) is 0.852. The number of nitrogens with one attached hydrogen (secondary N) is 1. The van der Waals surface area contributed by atoms with Crippen LogP contribution in [0.25, 0.3) is 0 Å². The molecule has 12 heteroatoms. The monoisotopic (exact) mass is 577 g/mol. The molecule has 1 aromatic rings. The van der Waals surface area contributed by atoms with Crippen LogP contribution >= 0.6 is 7.82 Å². The van der Waals surface area contributed by atoms with Crippen molar-refractivity contribution in [3.63, 3.8) is 0 Å². The van der Waals surface area contributed by atoms with Gasteiger partial charge in [-0.1, -0.05) is 103 Å². The summed E-state index contributed by atoms with van der Waals surface area (Å²) in [7, 11) is -4.73. The molecule has 2 rings (SSSR count). The Bertz CT molecular complexity index is 914. The molecule has 1 fully saturated rings. The first-order valence-electron chi connectivity index (χ1n) is 14.8. The van der Waals surface area contributed by atoms with Crippen LogP contribution in [0.2, 0.25) is 0 Å². The SMILES string of the molecule is CCCCCCCCCCCCCCCCCCNc1nc(=O)n(C2CC(O)C(COP(=O)(O)O)O2)cc1F. The summed E-state index contributed by atoms with van der Waals surface area (Å²) in [6.45, 7) is 2.20. The number of hydrogen-bond donors (Lipinski definition) is 4. The lowest BCUT2D eigenvalue weighted by Crippen LogP contribution is -2.29. The van der Waals surface area contributed by atoms with Gasteiger partial charge in [-0.2, -0.15) is 4.98 Å². The normalized spacial score (nSPS) is 19.6. The summed E-state index contributed by atoms with van der Waals surface area (Å²) < 4.78 is 36.2. The third kappa shape index (κ3) is 14.2. The minimum Gasteiger partial charge on any atom is -0.390 e. The van der Waals surface area contributed by atoms with E-state index < -0.39 is 44.4 Å². The zero-order chi connectivity index (χ0) is 28.5. The zero-order valence-corrected chi connectivity index (χ0v) is 24.3. The molecule has 10 nitrogen and oxygen atoms in total. The minimum atomic E-state index is -4.73. The van der Waals surface area contributed by atoms with Gasteiger partial charge in [-0.15, -0.1) is 0 Å². The number of phosphoric acid groups is 1. The van der Waals surface area contributed by atoms with E-state index in [1.807, 2.05) is 0 Å². The molecule has 0 saturated carbocycles. The smallest absolute Gasteiger partial charge is 0.390 e. The second-order valence-corrected chi connectivity index (χ2v) is 11.8. The van der Waals surface area contributed by atoms with Crippen molar-refractivity contribution in [1.29, 1.82) is 0 Å². The lowest BCUT2D eigenvalue weighted by atomic mass is 10.0. The molecule has 3 unspecified atom stereocenters. The summed E-state index contributed by atoms with van der Waals surface area (Å²) in [6.07, 6.45) is 18.1. The van der Waals surface area contributed by atoms with Crippen molar-refractivity contribution in [3.8, 4) is 0 Å². The summed E-state index contributed by atoms with van der Waals surface area (Å²) in [4.78, 5) is 33.8. The second-order valence-electron chi connectivity index (χ2n) is 10.6. The van der Waals surface area contributed by atoms with Crippen LogP contribution < -0.4 is 11.0 Å². The Morgan fingerprint density at radius 3 is 2.03 bits per heavy atom. The fourth-order valence-corrected chi connectivity index (χ4v) is 5.20. The van der Waals surface area contributed by atoms with Crippen molar-refractivity contribution in [2.45, 2.75) is 135 Å². The van der Waals surface area contributed by atoms with Crippen LogP contribution in [0.15, 0.2) is 11.0 Å². The molecule has 0 spiro atoms. The van der Waals surface area contributed by atoms with Crippen LogP contribution in [0.4, 0.5) is 10.2 Å². The van der Waals surface area contributed by atoms with Gasteiger partial charge < -0.3 is 24.9 Å². The van der Waals surface area contributed by atoms with Gasteiger partial charge in [-0.3, -0.25) is 9.09 Å². The molecule has 1 aliphatic heterocycles. The van der Waals surface area contributed by atoms with E-state index in [1.54, 1.807) is 0 Å². The van der Waals surface area contributed by atoms with Gasteiger partial charge in [0.25, 0.3) is 0 Å². The zero-order valence-electron chi connectivity index (χ0n) is 23.4. The molecule has 3 atom stereocenters. The topological polar surface area (TPSA) is 143 Å². The summed E-state index contributed by atoms with van der Waals surface area (Å²) >= 11 is 0. The van der Waals surface area contributed by atoms with E-state index >= 15 is 0 Å². The largest absolute Gasteiger partial charge is 0.469 e. The van der Waals surface area contributed by atoms with Crippen LogP contribution in [0.5, 0.6) is 0 Å². The van der Waals surface area contributed by atoms with E-state index in [-0.39, 0.29) is 12.2 Å². The Labute approximate surface area is 232 Å². The van der Waals surface area contributed by atoms with Crippen molar-refractivity contribution in [2.24, 2.45) is 0 Å². The number of anilines is 1. The Kier molecular flexibility index (Phi) is 16.4. The Hall–Kier alpha value is -1.36. The van der Waals surface area contributed by atoms with E-state index in [0.29, 0.717) is 6.54 Å². The Morgan fingerprint density at radius 2 is 1.51 bits per heavy atom. The fourth-order valence-electron chi connectivity index (χ4n) is 4.86. The number of unbranched alkanes of at least 4 members (excludes halogenated alkanes) is 15. The first kappa shape index (κ1) is 33.8. The van der Waals surface area contributed by atoms with Crippen LogP contribution in [0, 0.1) is 5.82 Å². The average Bonchev–Trinajstić information content (AvgIpc) is 3.26. The number of nitrogens with zero attached hydrogens (tertiary/aromatic N) is 2. The summed E-state index contributed by atoms with van der Waals surface area (Å²) in [5.41, 5.74) is -0.750. The molecule has 4 N–H and O–H groups in total. The summed E-state index contributed by atoms with van der Waals surface area (Å²) in [6, 6.07) is 0. The second kappa shape index (κ2) is 18.9. The van der Waals surface area contributed by atoms with Crippen LogP contribution in [0.3, 0.4) is 0 Å². The predicted molar refractivity (Wildman–Crippen MR) is 149 cm³/mol. The highest BCUT2D eigenvalue weighted by atomic mass is 31.2. The number of phosphoric ester groups is 1. The van der Waals surface area contributed by atoms with E-state index in [2.05, 4.69) is 21.7 Å². The molecule has 0 aromatic carbocycles. The molecule has 1 saturated heterocycles. The third-order valence-corrected chi connectivity index (χ3v) is 7.64. The number of rotatable bonds is 22. The van der Waals surface area contributed by atoms with E-state index in [1.165, 1.54) is 83.5 Å². The molecule has 0 amide bonds. The minimum absolute atomic E-state index is 0.0673. The molecule has 2 heterocycles. The third-order valence-electron chi connectivity index (χ3n) is 7.15. The Morgan fingerprint density at radius 1 is 1.00 bits per heavy atom. The highest BCUT2D eigenvalue weighted by molar-refractivity contribution is 7.46. The molecule has 226 valence electrons. The maximum atomic E-state index is 14.6. The van der Waals surface area contributed by atoms with Gasteiger partial charge in [0.05, 0.1) is 18.9 Å². The lowest BCUT2D eigenvalue weighted by Gasteiger charge is -2.17. The molecule has 1 aliphatic rings. The maximum absolute atomic E-state index is 14.6. The molecular weight excluding hydrogens is 528 g/mol. The number of halogens is 1. The van der Waals surface area contributed by atoms with E-state index in [9.17, 15) is 18.9 Å². The molecule has 0 radical (unpaired) electrons. The highest BCUT2D eigenvalue weighted by Gasteiger charge is 2.37. The highest BCUT2D eigenvalue weighted by Crippen LogP contribution is 2.38. The first-order chi connectivity index (χ1) is 18.7. The van der Waals surface area contributed by atoms with E-state index in [0.717, 1.165) is 30.0 Å². The van der Waals surface area contributed by atoms with Gasteiger partial charge in [0, 0.05) is 13.0 Å². The van der Waals surface area contributed by atoms with Gasteiger partial charge >= 0.3 is 13.5 Å². The molecule has 1 aromatic heterocycles.